The molecule has 7 nitrogen and oxygen atoms in total. The number of nitrogen functional groups attached to an aromatic ring is 1. The molecule has 1 unspecified atom stereocenters. The molecule has 164 valence electrons. The number of rotatable bonds is 7. The van der Waals surface area contributed by atoms with Crippen LogP contribution in [0.1, 0.15) is 39.1 Å². The average molecular weight is 460 g/mol. The van der Waals surface area contributed by atoms with Crippen LogP contribution in [0.25, 0.3) is 0 Å². The predicted molar refractivity (Wildman–Crippen MR) is 125 cm³/mol. The fourth-order valence-corrected chi connectivity index (χ4v) is 3.59. The maximum absolute atomic E-state index is 12.4. The number of amides is 1. The minimum absolute atomic E-state index is 0.0820. The van der Waals surface area contributed by atoms with Gasteiger partial charge in [-0.3, -0.25) is 4.79 Å². The molecule has 2 aromatic carbocycles. The Kier molecular flexibility index (Phi) is 7.12. The Morgan fingerprint density at radius 2 is 1.81 bits per heavy atom. The molecule has 0 spiro atoms. The molecular formula is C22H26ClN5O2S. The SMILES string of the molecule is CC(Sc1nnc(COc2ccc(C(C)(C)C)cc2)n1N)C(=O)Nc1ccc(Cl)cc1. The Balaban J connectivity index is 1.56. The van der Waals surface area contributed by atoms with Gasteiger partial charge in [0.05, 0.1) is 5.25 Å². The third-order valence-electron chi connectivity index (χ3n) is 4.59. The quantitative estimate of drug-likeness (QED) is 0.394. The summed E-state index contributed by atoms with van der Waals surface area (Å²) in [6, 6.07) is 14.9. The van der Waals surface area contributed by atoms with Gasteiger partial charge in [0.1, 0.15) is 12.4 Å². The molecule has 0 radical (unpaired) electrons. The van der Waals surface area contributed by atoms with E-state index in [0.717, 1.165) is 5.75 Å². The molecule has 1 amide bonds. The van der Waals surface area contributed by atoms with E-state index in [1.165, 1.54) is 22.0 Å². The van der Waals surface area contributed by atoms with Gasteiger partial charge in [-0.15, -0.1) is 10.2 Å². The number of thioether (sulfide) groups is 1. The molecule has 31 heavy (non-hydrogen) atoms. The van der Waals surface area contributed by atoms with Gasteiger partial charge in [-0.2, -0.15) is 0 Å². The minimum atomic E-state index is -0.430. The number of anilines is 1. The Labute approximate surface area is 191 Å². The minimum Gasteiger partial charge on any atom is -0.486 e. The summed E-state index contributed by atoms with van der Waals surface area (Å²) >= 11 is 7.09. The number of nitrogens with one attached hydrogen (secondary N) is 1. The zero-order valence-corrected chi connectivity index (χ0v) is 19.5. The number of benzene rings is 2. The number of hydrogen-bond donors (Lipinski definition) is 2. The maximum Gasteiger partial charge on any atom is 0.237 e. The molecule has 1 aromatic heterocycles. The molecule has 1 heterocycles. The number of hydrogen-bond acceptors (Lipinski definition) is 6. The van der Waals surface area contributed by atoms with Gasteiger partial charge >= 0.3 is 0 Å². The van der Waals surface area contributed by atoms with E-state index in [9.17, 15) is 4.79 Å². The van der Waals surface area contributed by atoms with Crippen LogP contribution in [0.15, 0.2) is 53.7 Å². The predicted octanol–water partition coefficient (Wildman–Crippen LogP) is 4.64. The van der Waals surface area contributed by atoms with Crippen LogP contribution in [0.4, 0.5) is 5.69 Å². The number of halogens is 1. The molecule has 0 fully saturated rings. The third kappa shape index (κ3) is 6.15. The van der Waals surface area contributed by atoms with Crippen LogP contribution < -0.4 is 15.9 Å². The van der Waals surface area contributed by atoms with E-state index in [0.29, 0.717) is 21.7 Å². The average Bonchev–Trinajstić information content (AvgIpc) is 3.07. The molecule has 9 heteroatoms. The summed E-state index contributed by atoms with van der Waals surface area (Å²) in [5.41, 5.74) is 1.98. The fraction of sp³-hybridized carbons (Fsp3) is 0.318. The first-order valence-corrected chi connectivity index (χ1v) is 11.0. The van der Waals surface area contributed by atoms with Crippen molar-refractivity contribution in [1.29, 1.82) is 0 Å². The Morgan fingerprint density at radius 1 is 1.16 bits per heavy atom. The van der Waals surface area contributed by atoms with Gasteiger partial charge < -0.3 is 15.9 Å². The zero-order chi connectivity index (χ0) is 22.6. The summed E-state index contributed by atoms with van der Waals surface area (Å²) in [5.74, 6) is 7.13. The van der Waals surface area contributed by atoms with Crippen molar-refractivity contribution in [2.75, 3.05) is 11.2 Å². The highest BCUT2D eigenvalue weighted by Gasteiger charge is 2.20. The fourth-order valence-electron chi connectivity index (χ4n) is 2.67. The van der Waals surface area contributed by atoms with Gasteiger partial charge in [-0.05, 0) is 54.3 Å². The Hall–Kier alpha value is -2.71. The lowest BCUT2D eigenvalue weighted by Gasteiger charge is -2.19. The molecular weight excluding hydrogens is 434 g/mol. The first-order valence-electron chi connectivity index (χ1n) is 9.79. The second-order valence-electron chi connectivity index (χ2n) is 8.09. The summed E-state index contributed by atoms with van der Waals surface area (Å²) in [6.07, 6.45) is 0. The van der Waals surface area contributed by atoms with Crippen molar-refractivity contribution >= 4 is 35.0 Å². The number of aromatic nitrogens is 3. The largest absolute Gasteiger partial charge is 0.486 e. The van der Waals surface area contributed by atoms with Gasteiger partial charge in [0.15, 0.2) is 5.82 Å². The maximum atomic E-state index is 12.4. The molecule has 0 bridgehead atoms. The number of ether oxygens (including phenoxy) is 1. The van der Waals surface area contributed by atoms with Crippen molar-refractivity contribution < 1.29 is 9.53 Å². The van der Waals surface area contributed by atoms with E-state index < -0.39 is 5.25 Å². The lowest BCUT2D eigenvalue weighted by atomic mass is 9.87. The van der Waals surface area contributed by atoms with Crippen molar-refractivity contribution in [3.63, 3.8) is 0 Å². The van der Waals surface area contributed by atoms with E-state index >= 15 is 0 Å². The third-order valence-corrected chi connectivity index (χ3v) is 5.90. The van der Waals surface area contributed by atoms with Crippen molar-refractivity contribution in [3.8, 4) is 5.75 Å². The summed E-state index contributed by atoms with van der Waals surface area (Å²) in [4.78, 5) is 12.4. The second-order valence-corrected chi connectivity index (χ2v) is 9.83. The van der Waals surface area contributed by atoms with Gasteiger partial charge in [-0.25, -0.2) is 4.68 Å². The van der Waals surface area contributed by atoms with E-state index in [1.807, 2.05) is 24.3 Å². The Bertz CT molecular complexity index is 1030. The van der Waals surface area contributed by atoms with Crippen molar-refractivity contribution in [2.45, 2.75) is 50.1 Å². The molecule has 0 aliphatic carbocycles. The van der Waals surface area contributed by atoms with Crippen LogP contribution >= 0.6 is 23.4 Å². The zero-order valence-electron chi connectivity index (χ0n) is 17.9. The topological polar surface area (TPSA) is 95.1 Å². The lowest BCUT2D eigenvalue weighted by molar-refractivity contribution is -0.115. The summed E-state index contributed by atoms with van der Waals surface area (Å²) in [6.45, 7) is 8.43. The van der Waals surface area contributed by atoms with Gasteiger partial charge in [0.2, 0.25) is 11.1 Å². The van der Waals surface area contributed by atoms with Crippen LogP contribution in [0, 0.1) is 0 Å². The van der Waals surface area contributed by atoms with E-state index in [-0.39, 0.29) is 17.9 Å². The molecule has 3 rings (SSSR count). The van der Waals surface area contributed by atoms with E-state index in [4.69, 9.17) is 22.2 Å². The summed E-state index contributed by atoms with van der Waals surface area (Å²) < 4.78 is 7.14. The monoisotopic (exact) mass is 459 g/mol. The Morgan fingerprint density at radius 3 is 2.42 bits per heavy atom. The summed E-state index contributed by atoms with van der Waals surface area (Å²) in [7, 11) is 0. The number of carbonyl (C=O) groups is 1. The van der Waals surface area contributed by atoms with Crippen molar-refractivity contribution in [2.24, 2.45) is 0 Å². The lowest BCUT2D eigenvalue weighted by Crippen LogP contribution is -2.24. The van der Waals surface area contributed by atoms with Gasteiger partial charge in [-0.1, -0.05) is 56.3 Å². The highest BCUT2D eigenvalue weighted by molar-refractivity contribution is 8.00. The molecule has 3 aromatic rings. The van der Waals surface area contributed by atoms with Gasteiger partial charge in [0.25, 0.3) is 0 Å². The molecule has 3 N–H and O–H groups in total. The normalized spacial score (nSPS) is 12.4. The van der Waals surface area contributed by atoms with Crippen LogP contribution in [0.5, 0.6) is 5.75 Å². The van der Waals surface area contributed by atoms with Gasteiger partial charge in [0, 0.05) is 10.7 Å². The first kappa shape index (κ1) is 23.0. The number of carbonyl (C=O) groups excluding carboxylic acids is 1. The van der Waals surface area contributed by atoms with E-state index in [2.05, 4.69) is 36.3 Å². The summed E-state index contributed by atoms with van der Waals surface area (Å²) in [5, 5.41) is 11.6. The smallest absolute Gasteiger partial charge is 0.237 e. The second kappa shape index (κ2) is 9.62. The number of nitrogens with zero attached hydrogens (tertiary/aromatic N) is 3. The van der Waals surface area contributed by atoms with Crippen LogP contribution in [-0.4, -0.2) is 26.0 Å². The molecule has 0 aliphatic heterocycles. The molecule has 0 aliphatic rings. The first-order chi connectivity index (χ1) is 14.6. The highest BCUT2D eigenvalue weighted by atomic mass is 35.5. The van der Waals surface area contributed by atoms with E-state index in [1.54, 1.807) is 31.2 Å². The standard InChI is InChI=1S/C22H26ClN5O2S/c1-14(20(29)25-17-9-7-16(23)8-10-17)31-21-27-26-19(28(21)24)13-30-18-11-5-15(6-12-18)22(2,3)4/h5-12,14H,13,24H2,1-4H3,(H,25,29). The van der Waals surface area contributed by atoms with Crippen molar-refractivity contribution in [1.82, 2.24) is 14.9 Å². The molecule has 1 atom stereocenters. The molecule has 0 saturated carbocycles. The van der Waals surface area contributed by atoms with Crippen LogP contribution in [0.2, 0.25) is 5.02 Å². The van der Waals surface area contributed by atoms with Crippen LogP contribution in [0.3, 0.4) is 0 Å². The highest BCUT2D eigenvalue weighted by Crippen LogP contribution is 2.25. The van der Waals surface area contributed by atoms with Crippen LogP contribution in [-0.2, 0) is 16.8 Å². The molecule has 0 saturated heterocycles. The van der Waals surface area contributed by atoms with Crippen molar-refractivity contribution in [3.05, 3.63) is 64.9 Å². The number of nitrogens with two attached hydrogens (primary N) is 1.